The summed E-state index contributed by atoms with van der Waals surface area (Å²) in [5, 5.41) is 0. The number of rotatable bonds is 46. The normalized spacial score (nSPS) is 14.1. The van der Waals surface area contributed by atoms with Gasteiger partial charge < -0.3 is 20.1 Å². The van der Waals surface area contributed by atoms with Crippen LogP contribution in [-0.4, -0.2) is 49.3 Å². The van der Waals surface area contributed by atoms with E-state index >= 15 is 0 Å². The van der Waals surface area contributed by atoms with Crippen molar-refractivity contribution in [2.45, 2.75) is 200 Å². The fraction of sp³-hybridized carbons (Fsp3) is 0.636. The zero-order valence-corrected chi connectivity index (χ0v) is 41.8. The highest BCUT2D eigenvalue weighted by Crippen LogP contribution is 2.43. The molecular formula is C55H92NO8P. The molecule has 0 aromatic carbocycles. The number of carbonyl (C=O) groups is 2. The number of nitrogens with two attached hydrogens (primary N) is 1. The molecule has 0 radical (unpaired) electrons. The Kier molecular flexibility index (Phi) is 47.5. The number of allylic oxidation sites excluding steroid dienone is 18. The van der Waals surface area contributed by atoms with Crippen molar-refractivity contribution < 1.29 is 37.6 Å². The fourth-order valence-electron chi connectivity index (χ4n) is 6.48. The molecule has 10 heteroatoms. The maximum absolute atomic E-state index is 12.6. The summed E-state index contributed by atoms with van der Waals surface area (Å²) < 4.78 is 32.8. The molecule has 0 aromatic heterocycles. The van der Waals surface area contributed by atoms with Crippen molar-refractivity contribution in [1.82, 2.24) is 0 Å². The molecule has 2 atom stereocenters. The molecule has 0 rings (SSSR count). The minimum absolute atomic E-state index is 0.0437. The number of hydrogen-bond acceptors (Lipinski definition) is 8. The predicted octanol–water partition coefficient (Wildman–Crippen LogP) is 15.5. The Morgan fingerprint density at radius 2 is 0.800 bits per heavy atom. The van der Waals surface area contributed by atoms with Crippen LogP contribution < -0.4 is 5.73 Å². The summed E-state index contributed by atoms with van der Waals surface area (Å²) in [5.74, 6) is -0.873. The van der Waals surface area contributed by atoms with Crippen LogP contribution in [0.15, 0.2) is 109 Å². The van der Waals surface area contributed by atoms with E-state index in [4.69, 9.17) is 24.3 Å². The van der Waals surface area contributed by atoms with E-state index in [0.717, 1.165) is 96.3 Å². The van der Waals surface area contributed by atoms with Gasteiger partial charge in [0.1, 0.15) is 6.61 Å². The van der Waals surface area contributed by atoms with Crippen LogP contribution >= 0.6 is 7.82 Å². The average Bonchev–Trinajstić information content (AvgIpc) is 3.30. The molecule has 0 amide bonds. The zero-order valence-electron chi connectivity index (χ0n) is 40.9. The lowest BCUT2D eigenvalue weighted by Crippen LogP contribution is -2.29. The van der Waals surface area contributed by atoms with Gasteiger partial charge in [0.25, 0.3) is 0 Å². The summed E-state index contributed by atoms with van der Waals surface area (Å²) in [7, 11) is -4.39. The van der Waals surface area contributed by atoms with E-state index in [1.165, 1.54) is 57.8 Å². The van der Waals surface area contributed by atoms with Gasteiger partial charge in [-0.3, -0.25) is 18.6 Å². The number of hydrogen-bond donors (Lipinski definition) is 2. The standard InChI is InChI=1S/C55H92NO8P/c1-3-5-7-9-11-13-15-17-18-19-20-21-22-23-24-25-26-27-28-29-30-31-32-33-34-36-38-40-42-44-46-48-55(58)64-53(52-63-65(59,60)62-50-49-56)51-61-54(57)47-45-43-41-39-37-35-16-14-12-10-8-6-4-2/h5-8,11-14,17-18,20-21,23-24,26-27,35,37,53H,3-4,9-10,15-16,19,22,25,28-34,36,38-52,56H2,1-2H3,(H,59,60)/b7-5-,8-6-,13-11-,14-12-,18-17-,21-20-,24-23-,27-26-,37-35-. The number of carbonyl (C=O) groups excluding carboxylic acids is 2. The fourth-order valence-corrected chi connectivity index (χ4v) is 7.24. The van der Waals surface area contributed by atoms with E-state index in [9.17, 15) is 19.0 Å². The summed E-state index contributed by atoms with van der Waals surface area (Å²) in [6, 6.07) is 0. The molecule has 9 nitrogen and oxygen atoms in total. The number of unbranched alkanes of at least 4 members (excludes halogenated alkanes) is 15. The van der Waals surface area contributed by atoms with E-state index in [2.05, 4.69) is 123 Å². The first kappa shape index (κ1) is 61.7. The number of ether oxygens (including phenoxy) is 2. The van der Waals surface area contributed by atoms with Gasteiger partial charge in [0.15, 0.2) is 6.10 Å². The Labute approximate surface area is 397 Å². The van der Waals surface area contributed by atoms with Crippen molar-refractivity contribution in [3.05, 3.63) is 109 Å². The van der Waals surface area contributed by atoms with Crippen LogP contribution in [0.1, 0.15) is 194 Å². The van der Waals surface area contributed by atoms with Gasteiger partial charge in [-0.2, -0.15) is 0 Å². The molecular weight excluding hydrogens is 834 g/mol. The number of esters is 2. The van der Waals surface area contributed by atoms with E-state index < -0.39 is 32.5 Å². The highest BCUT2D eigenvalue weighted by atomic mass is 31.2. The van der Waals surface area contributed by atoms with Crippen LogP contribution in [0.5, 0.6) is 0 Å². The average molecular weight is 926 g/mol. The summed E-state index contributed by atoms with van der Waals surface area (Å²) in [4.78, 5) is 35.0. The van der Waals surface area contributed by atoms with E-state index in [-0.39, 0.29) is 32.6 Å². The zero-order chi connectivity index (χ0) is 47.4. The van der Waals surface area contributed by atoms with Crippen LogP contribution in [0.4, 0.5) is 0 Å². The van der Waals surface area contributed by atoms with Crippen molar-refractivity contribution in [3.8, 4) is 0 Å². The van der Waals surface area contributed by atoms with Crippen LogP contribution in [0.2, 0.25) is 0 Å². The second-order valence-corrected chi connectivity index (χ2v) is 17.7. The molecule has 65 heavy (non-hydrogen) atoms. The minimum atomic E-state index is -4.39. The van der Waals surface area contributed by atoms with E-state index in [1.54, 1.807) is 0 Å². The van der Waals surface area contributed by atoms with E-state index in [1.807, 2.05) is 0 Å². The molecule has 0 fully saturated rings. The van der Waals surface area contributed by atoms with Crippen molar-refractivity contribution in [1.29, 1.82) is 0 Å². The van der Waals surface area contributed by atoms with Gasteiger partial charge in [-0.1, -0.05) is 194 Å². The maximum Gasteiger partial charge on any atom is 0.472 e. The molecule has 0 aromatic rings. The Bertz CT molecular complexity index is 1430. The van der Waals surface area contributed by atoms with Gasteiger partial charge in [-0.25, -0.2) is 4.57 Å². The van der Waals surface area contributed by atoms with Gasteiger partial charge >= 0.3 is 19.8 Å². The second kappa shape index (κ2) is 50.1. The Hall–Kier alpha value is -3.33. The third-order valence-electron chi connectivity index (χ3n) is 10.2. The number of phosphoric ester groups is 1. The van der Waals surface area contributed by atoms with Crippen molar-refractivity contribution >= 4 is 19.8 Å². The largest absolute Gasteiger partial charge is 0.472 e. The van der Waals surface area contributed by atoms with Gasteiger partial charge in [0.05, 0.1) is 13.2 Å². The van der Waals surface area contributed by atoms with Crippen molar-refractivity contribution in [2.75, 3.05) is 26.4 Å². The lowest BCUT2D eigenvalue weighted by Gasteiger charge is -2.19. The molecule has 0 bridgehead atoms. The lowest BCUT2D eigenvalue weighted by molar-refractivity contribution is -0.161. The minimum Gasteiger partial charge on any atom is -0.462 e. The summed E-state index contributed by atoms with van der Waals surface area (Å²) in [6.07, 6.45) is 67.1. The third-order valence-corrected chi connectivity index (χ3v) is 11.1. The molecule has 0 aliphatic carbocycles. The first-order valence-electron chi connectivity index (χ1n) is 25.4. The van der Waals surface area contributed by atoms with Crippen LogP contribution in [0.3, 0.4) is 0 Å². The van der Waals surface area contributed by atoms with Gasteiger partial charge in [0, 0.05) is 19.4 Å². The molecule has 0 aliphatic heterocycles. The topological polar surface area (TPSA) is 134 Å². The Morgan fingerprint density at radius 1 is 0.462 bits per heavy atom. The Balaban J connectivity index is 4.01. The summed E-state index contributed by atoms with van der Waals surface area (Å²) >= 11 is 0. The number of phosphoric acid groups is 1. The van der Waals surface area contributed by atoms with E-state index in [0.29, 0.717) is 12.8 Å². The SMILES string of the molecule is CC/C=C\C/C=C\C/C=C\C/C=C\C/C=C\C/C=C\CCCCCCCCCCCCCCC(=O)OC(COC(=O)CCCCC/C=C\C/C=C\C/C=C\CC)COP(=O)(O)OCCN. The molecule has 0 heterocycles. The highest BCUT2D eigenvalue weighted by molar-refractivity contribution is 7.47. The monoisotopic (exact) mass is 926 g/mol. The molecule has 3 N–H and O–H groups in total. The lowest BCUT2D eigenvalue weighted by atomic mass is 10.0. The molecule has 0 saturated carbocycles. The molecule has 2 unspecified atom stereocenters. The van der Waals surface area contributed by atoms with Gasteiger partial charge in [0.2, 0.25) is 0 Å². The molecule has 0 aliphatic rings. The second-order valence-electron chi connectivity index (χ2n) is 16.3. The summed E-state index contributed by atoms with van der Waals surface area (Å²) in [6.45, 7) is 3.45. The maximum atomic E-state index is 12.6. The molecule has 370 valence electrons. The van der Waals surface area contributed by atoms with Crippen LogP contribution in [0.25, 0.3) is 0 Å². The molecule has 0 saturated heterocycles. The smallest absolute Gasteiger partial charge is 0.462 e. The first-order valence-corrected chi connectivity index (χ1v) is 26.9. The van der Waals surface area contributed by atoms with Crippen LogP contribution in [-0.2, 0) is 32.7 Å². The summed E-state index contributed by atoms with van der Waals surface area (Å²) in [5.41, 5.74) is 5.36. The predicted molar refractivity (Wildman–Crippen MR) is 275 cm³/mol. The molecule has 0 spiro atoms. The third kappa shape index (κ3) is 49.9. The van der Waals surface area contributed by atoms with Crippen molar-refractivity contribution in [3.63, 3.8) is 0 Å². The van der Waals surface area contributed by atoms with Gasteiger partial charge in [-0.05, 0) is 96.3 Å². The van der Waals surface area contributed by atoms with Gasteiger partial charge in [-0.15, -0.1) is 0 Å². The first-order chi connectivity index (χ1) is 31.8. The Morgan fingerprint density at radius 3 is 1.20 bits per heavy atom. The van der Waals surface area contributed by atoms with Crippen LogP contribution in [0, 0.1) is 0 Å². The van der Waals surface area contributed by atoms with Crippen molar-refractivity contribution in [2.24, 2.45) is 5.73 Å². The quantitative estimate of drug-likeness (QED) is 0.0265. The highest BCUT2D eigenvalue weighted by Gasteiger charge is 2.26.